The molecule has 0 saturated carbocycles. The van der Waals surface area contributed by atoms with E-state index in [-0.39, 0.29) is 23.7 Å². The first-order valence-corrected chi connectivity index (χ1v) is 6.51. The Balaban J connectivity index is 2.12. The molecular formula is C15H9BrFNO2. The summed E-state index contributed by atoms with van der Waals surface area (Å²) >= 11 is 3.27. The Morgan fingerprint density at radius 2 is 2.05 bits per heavy atom. The van der Waals surface area contributed by atoms with Crippen LogP contribution in [-0.4, -0.2) is 12.4 Å². The maximum absolute atomic E-state index is 13.4. The summed E-state index contributed by atoms with van der Waals surface area (Å²) in [5, 5.41) is 8.86. The van der Waals surface area contributed by atoms with Crippen molar-refractivity contribution in [2.24, 2.45) is 0 Å². The van der Waals surface area contributed by atoms with Crippen LogP contribution in [0.25, 0.3) is 0 Å². The summed E-state index contributed by atoms with van der Waals surface area (Å²) in [7, 11) is 0. The number of rotatable bonds is 4. The first-order valence-electron chi connectivity index (χ1n) is 5.72. The van der Waals surface area contributed by atoms with Crippen LogP contribution < -0.4 is 4.74 Å². The van der Waals surface area contributed by atoms with Gasteiger partial charge in [0.15, 0.2) is 12.4 Å². The second kappa shape index (κ2) is 6.31. The van der Waals surface area contributed by atoms with E-state index in [1.54, 1.807) is 30.3 Å². The summed E-state index contributed by atoms with van der Waals surface area (Å²) in [5.74, 6) is -0.852. The lowest BCUT2D eigenvalue weighted by atomic mass is 10.1. The summed E-state index contributed by atoms with van der Waals surface area (Å²) in [5.41, 5.74) is 0.281. The second-order valence-corrected chi connectivity index (χ2v) is 4.86. The van der Waals surface area contributed by atoms with Crippen LogP contribution in [0.3, 0.4) is 0 Å². The van der Waals surface area contributed by atoms with Crippen molar-refractivity contribution in [2.75, 3.05) is 6.61 Å². The maximum Gasteiger partial charge on any atom is 0.200 e. The van der Waals surface area contributed by atoms with Crippen molar-refractivity contribution in [2.45, 2.75) is 0 Å². The summed E-state index contributed by atoms with van der Waals surface area (Å²) in [4.78, 5) is 11.9. The van der Waals surface area contributed by atoms with Gasteiger partial charge in [-0.2, -0.15) is 5.26 Å². The molecule has 5 heteroatoms. The van der Waals surface area contributed by atoms with Crippen LogP contribution in [-0.2, 0) is 0 Å². The van der Waals surface area contributed by atoms with Gasteiger partial charge in [-0.25, -0.2) is 4.39 Å². The van der Waals surface area contributed by atoms with Crippen LogP contribution in [0.5, 0.6) is 5.75 Å². The van der Waals surface area contributed by atoms with Crippen molar-refractivity contribution in [3.8, 4) is 11.8 Å². The van der Waals surface area contributed by atoms with Gasteiger partial charge in [0, 0.05) is 10.0 Å². The number of ketones is 1. The molecule has 0 aliphatic heterocycles. The monoisotopic (exact) mass is 333 g/mol. The van der Waals surface area contributed by atoms with Crippen LogP contribution in [0.15, 0.2) is 46.9 Å². The van der Waals surface area contributed by atoms with Gasteiger partial charge >= 0.3 is 0 Å². The fourth-order valence-electron chi connectivity index (χ4n) is 1.62. The smallest absolute Gasteiger partial charge is 0.200 e. The van der Waals surface area contributed by atoms with Crippen molar-refractivity contribution in [3.05, 3.63) is 63.9 Å². The summed E-state index contributed by atoms with van der Waals surface area (Å²) in [6, 6.07) is 12.6. The molecule has 2 aromatic carbocycles. The Bertz CT molecular complexity index is 695. The molecule has 0 saturated heterocycles. The van der Waals surface area contributed by atoms with Crippen molar-refractivity contribution >= 4 is 21.7 Å². The number of hydrogen-bond acceptors (Lipinski definition) is 3. The second-order valence-electron chi connectivity index (χ2n) is 3.95. The highest BCUT2D eigenvalue weighted by Crippen LogP contribution is 2.20. The molecule has 0 bridgehead atoms. The molecule has 2 aromatic rings. The summed E-state index contributed by atoms with van der Waals surface area (Å²) < 4.78 is 19.4. The number of hydrogen-bond donors (Lipinski definition) is 0. The SMILES string of the molecule is N#Cc1c(F)cccc1OCC(=O)c1cccc(Br)c1. The minimum absolute atomic E-state index is 0.0656. The Labute approximate surface area is 123 Å². The fourth-order valence-corrected chi connectivity index (χ4v) is 2.02. The van der Waals surface area contributed by atoms with Gasteiger partial charge in [0.2, 0.25) is 0 Å². The van der Waals surface area contributed by atoms with Crippen LogP contribution >= 0.6 is 15.9 Å². The fraction of sp³-hybridized carbons (Fsp3) is 0.0667. The van der Waals surface area contributed by atoms with E-state index >= 15 is 0 Å². The molecule has 3 nitrogen and oxygen atoms in total. The van der Waals surface area contributed by atoms with Gasteiger partial charge in [0.05, 0.1) is 0 Å². The largest absolute Gasteiger partial charge is 0.484 e. The van der Waals surface area contributed by atoms with Crippen LogP contribution in [0, 0.1) is 17.1 Å². The molecule has 0 aliphatic carbocycles. The highest BCUT2D eigenvalue weighted by Gasteiger charge is 2.12. The van der Waals surface area contributed by atoms with Crippen LogP contribution in [0.2, 0.25) is 0 Å². The third kappa shape index (κ3) is 3.22. The molecule has 2 rings (SSSR count). The Hall–Kier alpha value is -2.19. The summed E-state index contributed by atoms with van der Waals surface area (Å²) in [6.45, 7) is -0.255. The molecule has 0 atom stereocenters. The van der Waals surface area contributed by atoms with E-state index in [4.69, 9.17) is 10.00 Å². The lowest BCUT2D eigenvalue weighted by molar-refractivity contribution is 0.0921. The minimum Gasteiger partial charge on any atom is -0.484 e. The molecule has 0 radical (unpaired) electrons. The van der Waals surface area contributed by atoms with E-state index in [1.165, 1.54) is 18.2 Å². The van der Waals surface area contributed by atoms with Crippen molar-refractivity contribution in [1.82, 2.24) is 0 Å². The average molecular weight is 334 g/mol. The normalized spacial score (nSPS) is 9.85. The van der Waals surface area contributed by atoms with Crippen LogP contribution in [0.1, 0.15) is 15.9 Å². The van der Waals surface area contributed by atoms with Gasteiger partial charge in [-0.3, -0.25) is 4.79 Å². The third-order valence-corrected chi connectivity index (χ3v) is 3.09. The zero-order valence-electron chi connectivity index (χ0n) is 10.3. The van der Waals surface area contributed by atoms with Gasteiger partial charge in [-0.15, -0.1) is 0 Å². The molecule has 0 amide bonds. The van der Waals surface area contributed by atoms with Crippen molar-refractivity contribution in [1.29, 1.82) is 5.26 Å². The highest BCUT2D eigenvalue weighted by molar-refractivity contribution is 9.10. The topological polar surface area (TPSA) is 50.1 Å². The lowest BCUT2D eigenvalue weighted by Crippen LogP contribution is -2.12. The predicted molar refractivity (Wildman–Crippen MR) is 75.1 cm³/mol. The number of Topliss-reactive ketones (excluding diaryl/α,β-unsaturated/α-hetero) is 1. The average Bonchev–Trinajstić information content (AvgIpc) is 2.44. The number of nitriles is 1. The van der Waals surface area contributed by atoms with E-state index in [0.29, 0.717) is 5.56 Å². The molecule has 0 aromatic heterocycles. The first kappa shape index (κ1) is 14.2. The number of halogens is 2. The standard InChI is InChI=1S/C15H9BrFNO2/c16-11-4-1-3-10(7-11)14(19)9-20-15-6-2-5-13(17)12(15)8-18/h1-7H,9H2. The van der Waals surface area contributed by atoms with E-state index in [2.05, 4.69) is 15.9 Å². The molecule has 0 aliphatic rings. The van der Waals surface area contributed by atoms with E-state index in [9.17, 15) is 9.18 Å². The zero-order chi connectivity index (χ0) is 14.5. The quantitative estimate of drug-likeness (QED) is 0.801. The number of nitrogens with zero attached hydrogens (tertiary/aromatic N) is 1. The van der Waals surface area contributed by atoms with E-state index in [0.717, 1.165) is 4.47 Å². The van der Waals surface area contributed by atoms with Gasteiger partial charge in [-0.1, -0.05) is 34.1 Å². The summed E-state index contributed by atoms with van der Waals surface area (Å²) in [6.07, 6.45) is 0. The first-order chi connectivity index (χ1) is 9.61. The molecule has 0 N–H and O–H groups in total. The number of benzene rings is 2. The van der Waals surface area contributed by atoms with Crippen LogP contribution in [0.4, 0.5) is 4.39 Å². The highest BCUT2D eigenvalue weighted by atomic mass is 79.9. The number of ether oxygens (including phenoxy) is 1. The zero-order valence-corrected chi connectivity index (χ0v) is 11.9. The number of carbonyl (C=O) groups excluding carboxylic acids is 1. The van der Waals surface area contributed by atoms with Gasteiger partial charge in [0.25, 0.3) is 0 Å². The van der Waals surface area contributed by atoms with Gasteiger partial charge in [0.1, 0.15) is 23.2 Å². The Morgan fingerprint density at radius 1 is 1.30 bits per heavy atom. The third-order valence-electron chi connectivity index (χ3n) is 2.59. The molecule has 0 spiro atoms. The minimum atomic E-state index is -0.667. The van der Waals surface area contributed by atoms with Gasteiger partial charge < -0.3 is 4.74 Å². The van der Waals surface area contributed by atoms with Gasteiger partial charge in [-0.05, 0) is 24.3 Å². The Morgan fingerprint density at radius 3 is 2.75 bits per heavy atom. The van der Waals surface area contributed by atoms with E-state index in [1.807, 2.05) is 0 Å². The predicted octanol–water partition coefficient (Wildman–Crippen LogP) is 3.72. The molecule has 0 unspecified atom stereocenters. The molecule has 0 heterocycles. The lowest BCUT2D eigenvalue weighted by Gasteiger charge is -2.07. The van der Waals surface area contributed by atoms with Crippen molar-refractivity contribution in [3.63, 3.8) is 0 Å². The van der Waals surface area contributed by atoms with E-state index < -0.39 is 5.82 Å². The molecular weight excluding hydrogens is 325 g/mol. The Kier molecular flexibility index (Phi) is 4.49. The molecule has 0 fully saturated rings. The molecule has 100 valence electrons. The number of carbonyl (C=O) groups is 1. The molecule has 20 heavy (non-hydrogen) atoms. The van der Waals surface area contributed by atoms with Crippen molar-refractivity contribution < 1.29 is 13.9 Å². The maximum atomic E-state index is 13.4.